The predicted molar refractivity (Wildman–Crippen MR) is 42.9 cm³/mol. The second kappa shape index (κ2) is 2.91. The highest BCUT2D eigenvalue weighted by Gasteiger charge is 2.33. The Morgan fingerprint density at radius 1 is 1.82 bits per heavy atom. The smallest absolute Gasteiger partial charge is 0.244 e. The summed E-state index contributed by atoms with van der Waals surface area (Å²) in [6.45, 7) is 4.12. The van der Waals surface area contributed by atoms with E-state index in [9.17, 15) is 4.79 Å². The predicted octanol–water partition coefficient (Wildman–Crippen LogP) is -0.0650. The lowest BCUT2D eigenvalue weighted by Crippen LogP contribution is -2.56. The lowest BCUT2D eigenvalue weighted by Gasteiger charge is -2.28. The number of carbonyl (C=O) groups excluding carboxylic acids is 1. The van der Waals surface area contributed by atoms with E-state index in [0.717, 1.165) is 13.0 Å². The molecule has 0 aromatic carbocycles. The SMILES string of the molecule is C=C=CC1(N)CCCNC1=O. The zero-order valence-electron chi connectivity index (χ0n) is 6.39. The van der Waals surface area contributed by atoms with Gasteiger partial charge < -0.3 is 11.1 Å². The average molecular weight is 152 g/mol. The van der Waals surface area contributed by atoms with Crippen molar-refractivity contribution < 1.29 is 4.79 Å². The summed E-state index contributed by atoms with van der Waals surface area (Å²) in [6, 6.07) is 0. The van der Waals surface area contributed by atoms with Gasteiger partial charge in [-0.15, -0.1) is 5.73 Å². The topological polar surface area (TPSA) is 55.1 Å². The van der Waals surface area contributed by atoms with E-state index in [0.29, 0.717) is 6.42 Å². The van der Waals surface area contributed by atoms with Gasteiger partial charge in [0.05, 0.1) is 0 Å². The molecular weight excluding hydrogens is 140 g/mol. The van der Waals surface area contributed by atoms with Crippen molar-refractivity contribution in [3.05, 3.63) is 18.4 Å². The van der Waals surface area contributed by atoms with Crippen LogP contribution in [-0.4, -0.2) is 18.0 Å². The molecule has 1 amide bonds. The Balaban J connectivity index is 2.80. The van der Waals surface area contributed by atoms with Crippen molar-refractivity contribution in [2.24, 2.45) is 5.73 Å². The molecule has 1 heterocycles. The summed E-state index contributed by atoms with van der Waals surface area (Å²) in [5.41, 5.74) is 7.43. The van der Waals surface area contributed by atoms with Gasteiger partial charge in [0, 0.05) is 6.54 Å². The van der Waals surface area contributed by atoms with Crippen LogP contribution in [0.5, 0.6) is 0 Å². The van der Waals surface area contributed by atoms with Gasteiger partial charge in [0.15, 0.2) is 0 Å². The maximum atomic E-state index is 11.2. The van der Waals surface area contributed by atoms with Gasteiger partial charge in [-0.25, -0.2) is 0 Å². The van der Waals surface area contributed by atoms with Crippen LogP contribution in [0.2, 0.25) is 0 Å². The Hall–Kier alpha value is -1.05. The summed E-state index contributed by atoms with van der Waals surface area (Å²) in [6.07, 6.45) is 3.13. The molecule has 3 heteroatoms. The molecule has 1 atom stereocenters. The molecule has 1 aliphatic rings. The normalized spacial score (nSPS) is 30.5. The first-order valence-corrected chi connectivity index (χ1v) is 3.63. The Morgan fingerprint density at radius 3 is 3.09 bits per heavy atom. The molecule has 0 radical (unpaired) electrons. The van der Waals surface area contributed by atoms with E-state index < -0.39 is 5.54 Å². The first kappa shape index (κ1) is 8.05. The summed E-state index contributed by atoms with van der Waals surface area (Å²) >= 11 is 0. The lowest BCUT2D eigenvalue weighted by atomic mass is 9.90. The van der Waals surface area contributed by atoms with Gasteiger partial charge in [0.1, 0.15) is 5.54 Å². The number of hydrogen-bond acceptors (Lipinski definition) is 2. The van der Waals surface area contributed by atoms with Crippen molar-refractivity contribution in [1.29, 1.82) is 0 Å². The fourth-order valence-corrected chi connectivity index (χ4v) is 1.18. The second-order valence-corrected chi connectivity index (χ2v) is 2.75. The Bertz CT molecular complexity index is 218. The summed E-state index contributed by atoms with van der Waals surface area (Å²) in [7, 11) is 0. The molecule has 0 aromatic heterocycles. The average Bonchev–Trinajstić information content (AvgIpc) is 1.96. The van der Waals surface area contributed by atoms with Crippen LogP contribution in [0.15, 0.2) is 18.4 Å². The zero-order valence-corrected chi connectivity index (χ0v) is 6.39. The Morgan fingerprint density at radius 2 is 2.55 bits per heavy atom. The fraction of sp³-hybridized carbons (Fsp3) is 0.500. The standard InChI is InChI=1S/C8H12N2O/c1-2-4-8(9)5-3-6-10-7(8)11/h4H,1,3,5-6,9H2,(H,10,11). The molecule has 1 aliphatic heterocycles. The monoisotopic (exact) mass is 152 g/mol. The second-order valence-electron chi connectivity index (χ2n) is 2.75. The minimum absolute atomic E-state index is 0.125. The number of carbonyl (C=O) groups is 1. The number of nitrogens with one attached hydrogen (secondary N) is 1. The molecule has 1 saturated heterocycles. The van der Waals surface area contributed by atoms with E-state index in [1.54, 1.807) is 0 Å². The zero-order chi connectivity index (χ0) is 8.32. The van der Waals surface area contributed by atoms with E-state index in [1.165, 1.54) is 6.08 Å². The number of piperidine rings is 1. The molecule has 60 valence electrons. The summed E-state index contributed by atoms with van der Waals surface area (Å²) in [5.74, 6) is -0.125. The molecular formula is C8H12N2O. The number of amides is 1. The minimum Gasteiger partial charge on any atom is -0.354 e. The Labute approximate surface area is 66.0 Å². The van der Waals surface area contributed by atoms with Gasteiger partial charge in [-0.2, -0.15) is 0 Å². The maximum absolute atomic E-state index is 11.2. The van der Waals surface area contributed by atoms with Crippen LogP contribution in [0, 0.1) is 0 Å². The highest BCUT2D eigenvalue weighted by Crippen LogP contribution is 2.14. The van der Waals surface area contributed by atoms with Crippen molar-refractivity contribution in [3.8, 4) is 0 Å². The summed E-state index contributed by atoms with van der Waals surface area (Å²) < 4.78 is 0. The third-order valence-corrected chi connectivity index (χ3v) is 1.84. The van der Waals surface area contributed by atoms with Crippen LogP contribution in [0.1, 0.15) is 12.8 Å². The molecule has 0 aromatic rings. The van der Waals surface area contributed by atoms with E-state index in [2.05, 4.69) is 17.6 Å². The van der Waals surface area contributed by atoms with Crippen LogP contribution < -0.4 is 11.1 Å². The highest BCUT2D eigenvalue weighted by atomic mass is 16.2. The Kier molecular flexibility index (Phi) is 2.13. The van der Waals surface area contributed by atoms with E-state index in [-0.39, 0.29) is 5.91 Å². The van der Waals surface area contributed by atoms with Gasteiger partial charge in [0.2, 0.25) is 5.91 Å². The van der Waals surface area contributed by atoms with E-state index >= 15 is 0 Å². The van der Waals surface area contributed by atoms with Gasteiger partial charge in [-0.1, -0.05) is 6.58 Å². The van der Waals surface area contributed by atoms with Crippen LogP contribution >= 0.6 is 0 Å². The molecule has 11 heavy (non-hydrogen) atoms. The van der Waals surface area contributed by atoms with E-state index in [1.807, 2.05) is 0 Å². The van der Waals surface area contributed by atoms with Crippen LogP contribution in [0.4, 0.5) is 0 Å². The van der Waals surface area contributed by atoms with E-state index in [4.69, 9.17) is 5.73 Å². The third kappa shape index (κ3) is 1.50. The molecule has 0 spiro atoms. The summed E-state index contributed by atoms with van der Waals surface area (Å²) in [5, 5.41) is 2.69. The molecule has 3 nitrogen and oxygen atoms in total. The van der Waals surface area contributed by atoms with Crippen molar-refractivity contribution >= 4 is 5.91 Å². The van der Waals surface area contributed by atoms with Crippen molar-refractivity contribution in [2.45, 2.75) is 18.4 Å². The molecule has 0 aliphatic carbocycles. The molecule has 0 saturated carbocycles. The largest absolute Gasteiger partial charge is 0.354 e. The molecule has 1 unspecified atom stereocenters. The van der Waals surface area contributed by atoms with Gasteiger partial charge in [-0.3, -0.25) is 4.79 Å². The maximum Gasteiger partial charge on any atom is 0.244 e. The van der Waals surface area contributed by atoms with Crippen LogP contribution in [0.25, 0.3) is 0 Å². The molecule has 1 fully saturated rings. The first-order valence-electron chi connectivity index (χ1n) is 3.63. The number of rotatable bonds is 1. The molecule has 1 rings (SSSR count). The summed E-state index contributed by atoms with van der Waals surface area (Å²) in [4.78, 5) is 11.2. The van der Waals surface area contributed by atoms with Crippen LogP contribution in [-0.2, 0) is 4.79 Å². The quantitative estimate of drug-likeness (QED) is 0.517. The minimum atomic E-state index is -0.861. The third-order valence-electron chi connectivity index (χ3n) is 1.84. The fourth-order valence-electron chi connectivity index (χ4n) is 1.18. The molecule has 0 bridgehead atoms. The van der Waals surface area contributed by atoms with Crippen molar-refractivity contribution in [3.63, 3.8) is 0 Å². The number of nitrogens with two attached hydrogens (primary N) is 1. The van der Waals surface area contributed by atoms with Gasteiger partial charge in [0.25, 0.3) is 0 Å². The van der Waals surface area contributed by atoms with Crippen LogP contribution in [0.3, 0.4) is 0 Å². The van der Waals surface area contributed by atoms with Crippen molar-refractivity contribution in [1.82, 2.24) is 5.32 Å². The van der Waals surface area contributed by atoms with Gasteiger partial charge in [-0.05, 0) is 18.9 Å². The highest BCUT2D eigenvalue weighted by molar-refractivity contribution is 5.88. The number of hydrogen-bond donors (Lipinski definition) is 2. The lowest BCUT2D eigenvalue weighted by molar-refractivity contribution is -0.126. The van der Waals surface area contributed by atoms with Gasteiger partial charge >= 0.3 is 0 Å². The molecule has 3 N–H and O–H groups in total. The first-order chi connectivity index (χ1) is 5.19. The van der Waals surface area contributed by atoms with Crippen molar-refractivity contribution in [2.75, 3.05) is 6.54 Å².